The number of hydrogen-bond donors (Lipinski definition) is 3. The van der Waals surface area contributed by atoms with E-state index in [1.54, 1.807) is 10.8 Å². The van der Waals surface area contributed by atoms with Gasteiger partial charge >= 0.3 is 6.03 Å². The topological polar surface area (TPSA) is 84.2 Å². The fourth-order valence-corrected chi connectivity index (χ4v) is 3.56. The van der Waals surface area contributed by atoms with Crippen molar-refractivity contribution in [3.05, 3.63) is 11.5 Å². The van der Waals surface area contributed by atoms with Crippen LogP contribution in [0.5, 0.6) is 0 Å². The Morgan fingerprint density at radius 2 is 2.12 bits per heavy atom. The minimum atomic E-state index is -0.539. The van der Waals surface area contributed by atoms with Gasteiger partial charge in [-0.05, 0) is 18.2 Å². The number of hydrogen-bond acceptors (Lipinski definition) is 4. The first-order valence-electron chi connectivity index (χ1n) is 5.47. The molecule has 0 aromatic heterocycles. The van der Waals surface area contributed by atoms with E-state index in [1.165, 1.54) is 0 Å². The van der Waals surface area contributed by atoms with Gasteiger partial charge in [-0.25, -0.2) is 4.79 Å². The minimum Gasteiger partial charge on any atom is -0.368 e. The maximum absolute atomic E-state index is 11.1. The van der Waals surface area contributed by atoms with Crippen LogP contribution in [0.15, 0.2) is 11.5 Å². The normalized spacial score (nSPS) is 18.0. The first-order chi connectivity index (χ1) is 8.18. The predicted octanol–water partition coefficient (Wildman–Crippen LogP) is 1.22. The van der Waals surface area contributed by atoms with Gasteiger partial charge in [0.15, 0.2) is 0 Å². The zero-order valence-corrected chi connectivity index (χ0v) is 11.1. The quantitative estimate of drug-likeness (QED) is 0.482. The molecule has 17 heavy (non-hydrogen) atoms. The van der Waals surface area contributed by atoms with Gasteiger partial charge in [0.1, 0.15) is 0 Å². The Hall–Kier alpha value is -0.820. The summed E-state index contributed by atoms with van der Waals surface area (Å²) in [5.74, 6) is -0.539. The van der Waals surface area contributed by atoms with Crippen molar-refractivity contribution < 1.29 is 9.59 Å². The molecule has 3 amide bonds. The molecule has 1 aliphatic rings. The maximum Gasteiger partial charge on any atom is 0.315 e. The van der Waals surface area contributed by atoms with E-state index in [9.17, 15) is 9.59 Å². The number of nitrogens with two attached hydrogens (primary N) is 1. The average Bonchev–Trinajstić information content (AvgIpc) is 2.79. The number of carbonyl (C=O) groups is 2. The van der Waals surface area contributed by atoms with E-state index in [-0.39, 0.29) is 12.6 Å². The van der Waals surface area contributed by atoms with Gasteiger partial charge in [-0.1, -0.05) is 34.1 Å². The van der Waals surface area contributed by atoms with Crippen LogP contribution in [0.2, 0.25) is 0 Å². The van der Waals surface area contributed by atoms with Crippen molar-refractivity contribution in [2.24, 2.45) is 5.73 Å². The fraction of sp³-hybridized carbons (Fsp3) is 0.600. The molecular formula is C10H17N3O2S2. The van der Waals surface area contributed by atoms with Crippen LogP contribution in [-0.4, -0.2) is 30.3 Å². The molecule has 0 aliphatic carbocycles. The molecule has 0 aromatic carbocycles. The number of primary amides is 1. The molecule has 0 spiro atoms. The van der Waals surface area contributed by atoms with E-state index in [2.05, 4.69) is 22.1 Å². The third-order valence-corrected chi connectivity index (χ3v) is 4.58. The molecule has 0 aromatic rings. The molecule has 1 rings (SSSR count). The molecule has 0 radical (unpaired) electrons. The van der Waals surface area contributed by atoms with Crippen LogP contribution in [0.3, 0.4) is 0 Å². The lowest BCUT2D eigenvalue weighted by Crippen LogP contribution is -2.40. The van der Waals surface area contributed by atoms with Crippen molar-refractivity contribution in [1.29, 1.82) is 0 Å². The monoisotopic (exact) mass is 275 g/mol. The van der Waals surface area contributed by atoms with Crippen LogP contribution in [0.25, 0.3) is 0 Å². The summed E-state index contributed by atoms with van der Waals surface area (Å²) in [6.07, 6.45) is 5.37. The lowest BCUT2D eigenvalue weighted by molar-refractivity contribution is -0.117. The van der Waals surface area contributed by atoms with E-state index < -0.39 is 5.91 Å². The van der Waals surface area contributed by atoms with Gasteiger partial charge in [0.2, 0.25) is 5.91 Å². The van der Waals surface area contributed by atoms with Crippen molar-refractivity contribution in [2.45, 2.75) is 24.5 Å². The van der Waals surface area contributed by atoms with Crippen molar-refractivity contribution in [1.82, 2.24) is 10.6 Å². The highest BCUT2D eigenvalue weighted by Crippen LogP contribution is 2.37. The summed E-state index contributed by atoms with van der Waals surface area (Å²) in [7, 11) is 3.65. The molecule has 5 nitrogen and oxygen atoms in total. The van der Waals surface area contributed by atoms with Crippen LogP contribution in [0.4, 0.5) is 4.79 Å². The van der Waals surface area contributed by atoms with Crippen molar-refractivity contribution in [2.75, 3.05) is 13.1 Å². The molecular weight excluding hydrogens is 258 g/mol. The molecule has 1 aliphatic heterocycles. The summed E-state index contributed by atoms with van der Waals surface area (Å²) >= 11 is 0. The minimum absolute atomic E-state index is 0.118. The van der Waals surface area contributed by atoms with Gasteiger partial charge in [0, 0.05) is 11.8 Å². The summed E-state index contributed by atoms with van der Waals surface area (Å²) < 4.78 is 0. The van der Waals surface area contributed by atoms with Crippen molar-refractivity contribution in [3.63, 3.8) is 0 Å². The van der Waals surface area contributed by atoms with Crippen LogP contribution in [-0.2, 0) is 4.79 Å². The summed E-state index contributed by atoms with van der Waals surface area (Å²) in [4.78, 5) is 21.5. The van der Waals surface area contributed by atoms with Gasteiger partial charge < -0.3 is 16.4 Å². The highest BCUT2D eigenvalue weighted by Gasteiger charge is 2.09. The summed E-state index contributed by atoms with van der Waals surface area (Å²) in [5, 5.41) is 7.78. The van der Waals surface area contributed by atoms with Gasteiger partial charge in [0.05, 0.1) is 6.54 Å². The standard InChI is InChI=1S/C10H17N3O2S2/c11-9(14)7-13-10(15)12-5-2-1-3-8-4-6-16-17-8/h4,6,8H,1-3,5,7H2,(H2,11,14)(H2,12,13,15). The molecule has 1 atom stereocenters. The third-order valence-electron chi connectivity index (χ3n) is 2.15. The van der Waals surface area contributed by atoms with Gasteiger partial charge in [0.25, 0.3) is 0 Å². The van der Waals surface area contributed by atoms with Crippen LogP contribution < -0.4 is 16.4 Å². The maximum atomic E-state index is 11.1. The molecule has 0 saturated heterocycles. The summed E-state index contributed by atoms with van der Waals surface area (Å²) in [6.45, 7) is 0.505. The fourth-order valence-electron chi connectivity index (χ4n) is 1.30. The summed E-state index contributed by atoms with van der Waals surface area (Å²) in [5.41, 5.74) is 4.89. The largest absolute Gasteiger partial charge is 0.368 e. The molecule has 4 N–H and O–H groups in total. The average molecular weight is 275 g/mol. The van der Waals surface area contributed by atoms with Crippen LogP contribution in [0.1, 0.15) is 19.3 Å². The molecule has 1 unspecified atom stereocenters. The molecule has 0 bridgehead atoms. The van der Waals surface area contributed by atoms with E-state index in [0.717, 1.165) is 19.3 Å². The predicted molar refractivity (Wildman–Crippen MR) is 72.6 cm³/mol. The van der Waals surface area contributed by atoms with Crippen molar-refractivity contribution >= 4 is 33.5 Å². The van der Waals surface area contributed by atoms with E-state index in [1.807, 2.05) is 10.8 Å². The number of unbranched alkanes of at least 4 members (excludes halogenated alkanes) is 1. The first-order valence-corrected chi connectivity index (χ1v) is 7.75. The second kappa shape index (κ2) is 8.30. The molecule has 1 heterocycles. The smallest absolute Gasteiger partial charge is 0.315 e. The number of amides is 3. The lowest BCUT2D eigenvalue weighted by Gasteiger charge is -2.07. The van der Waals surface area contributed by atoms with Gasteiger partial charge in [-0.15, -0.1) is 0 Å². The number of nitrogens with one attached hydrogen (secondary N) is 2. The Balaban J connectivity index is 1.91. The third kappa shape index (κ3) is 7.17. The molecule has 0 saturated carbocycles. The number of rotatable bonds is 7. The van der Waals surface area contributed by atoms with Gasteiger partial charge in [-0.3, -0.25) is 4.79 Å². The summed E-state index contributed by atoms with van der Waals surface area (Å²) in [6, 6.07) is -0.338. The number of urea groups is 1. The SMILES string of the molecule is NC(=O)CNC(=O)NCCCCC1C=CSS1. The van der Waals surface area contributed by atoms with Crippen molar-refractivity contribution in [3.8, 4) is 0 Å². The number of carbonyl (C=O) groups excluding carboxylic acids is 2. The second-order valence-electron chi connectivity index (χ2n) is 3.63. The Labute approximate surface area is 109 Å². The van der Waals surface area contributed by atoms with Crippen LogP contribution >= 0.6 is 21.6 Å². The zero-order valence-electron chi connectivity index (χ0n) is 9.48. The Morgan fingerprint density at radius 3 is 2.76 bits per heavy atom. The zero-order chi connectivity index (χ0) is 12.5. The second-order valence-corrected chi connectivity index (χ2v) is 6.05. The Bertz CT molecular complexity index is 297. The molecule has 7 heteroatoms. The van der Waals surface area contributed by atoms with Gasteiger partial charge in [-0.2, -0.15) is 0 Å². The first kappa shape index (κ1) is 14.2. The Morgan fingerprint density at radius 1 is 1.29 bits per heavy atom. The highest BCUT2D eigenvalue weighted by atomic mass is 33.1. The lowest BCUT2D eigenvalue weighted by atomic mass is 10.2. The van der Waals surface area contributed by atoms with Crippen LogP contribution in [0, 0.1) is 0 Å². The highest BCUT2D eigenvalue weighted by molar-refractivity contribution is 8.78. The molecule has 0 fully saturated rings. The van der Waals surface area contributed by atoms with E-state index >= 15 is 0 Å². The molecule has 96 valence electrons. The van der Waals surface area contributed by atoms with E-state index in [0.29, 0.717) is 11.8 Å². The Kier molecular flexibility index (Phi) is 6.95. The van der Waals surface area contributed by atoms with E-state index in [4.69, 9.17) is 5.73 Å².